The van der Waals surface area contributed by atoms with E-state index in [1.807, 2.05) is 0 Å². The molecule has 1 aromatic carbocycles. The van der Waals surface area contributed by atoms with E-state index >= 15 is 0 Å². The Kier molecular flexibility index (Phi) is 5.36. The third-order valence-electron chi connectivity index (χ3n) is 4.15. The molecule has 3 rings (SSSR count). The summed E-state index contributed by atoms with van der Waals surface area (Å²) in [4.78, 5) is 27.3. The van der Waals surface area contributed by atoms with Crippen molar-refractivity contribution < 1.29 is 24.2 Å². The van der Waals surface area contributed by atoms with E-state index in [9.17, 15) is 19.1 Å². The van der Waals surface area contributed by atoms with Crippen molar-refractivity contribution in [3.05, 3.63) is 65.1 Å². The fraction of sp³-hybridized carbons (Fsp3) is 0.150. The Labute approximate surface area is 169 Å². The summed E-state index contributed by atoms with van der Waals surface area (Å²) in [6, 6.07) is 10.2. The van der Waals surface area contributed by atoms with Crippen LogP contribution in [0.3, 0.4) is 0 Å². The third kappa shape index (κ3) is 4.41. The van der Waals surface area contributed by atoms with Gasteiger partial charge in [-0.2, -0.15) is 0 Å². The quantitative estimate of drug-likeness (QED) is 0.486. The number of carbonyl (C=O) groups excluding carboxylic acids is 1. The van der Waals surface area contributed by atoms with Gasteiger partial charge in [-0.15, -0.1) is 11.3 Å². The van der Waals surface area contributed by atoms with E-state index in [1.54, 1.807) is 19.9 Å². The molecule has 0 spiro atoms. The molecule has 29 heavy (non-hydrogen) atoms. The highest BCUT2D eigenvalue weighted by atomic mass is 32.1. The summed E-state index contributed by atoms with van der Waals surface area (Å²) in [5, 5.41) is 22.3. The highest BCUT2D eigenvalue weighted by Crippen LogP contribution is 2.38. The van der Waals surface area contributed by atoms with Crippen molar-refractivity contribution >= 4 is 34.0 Å². The average Bonchev–Trinajstić information content (AvgIpc) is 3.04. The van der Waals surface area contributed by atoms with Crippen LogP contribution < -0.4 is 11.1 Å². The summed E-state index contributed by atoms with van der Waals surface area (Å²) in [7, 11) is 0. The zero-order valence-electron chi connectivity index (χ0n) is 15.6. The standard InChI is InChI=1S/C20H18FN3O4S/c1-20(2,28)10-6-7-11(13(21)8-10)15-9-12(17(22)25)18(29-15)24-16-5-3-4-14(23-16)19(26)27/h3-9,28H,1-2H3,(H2,22,25)(H,23,24)(H,26,27). The van der Waals surface area contributed by atoms with E-state index in [4.69, 9.17) is 10.8 Å². The van der Waals surface area contributed by atoms with Gasteiger partial charge in [-0.25, -0.2) is 14.2 Å². The van der Waals surface area contributed by atoms with Crippen LogP contribution in [0.15, 0.2) is 42.5 Å². The van der Waals surface area contributed by atoms with E-state index in [2.05, 4.69) is 10.3 Å². The minimum Gasteiger partial charge on any atom is -0.477 e. The molecule has 150 valence electrons. The lowest BCUT2D eigenvalue weighted by Gasteiger charge is -2.18. The average molecular weight is 415 g/mol. The Morgan fingerprint density at radius 3 is 2.52 bits per heavy atom. The van der Waals surface area contributed by atoms with Gasteiger partial charge in [-0.05, 0) is 43.7 Å². The number of primary amides is 1. The van der Waals surface area contributed by atoms with E-state index in [-0.39, 0.29) is 22.6 Å². The fourth-order valence-corrected chi connectivity index (χ4v) is 3.73. The highest BCUT2D eigenvalue weighted by molar-refractivity contribution is 7.19. The first-order valence-electron chi connectivity index (χ1n) is 8.50. The van der Waals surface area contributed by atoms with E-state index in [0.717, 1.165) is 11.3 Å². The van der Waals surface area contributed by atoms with Gasteiger partial charge in [0.2, 0.25) is 0 Å². The molecule has 0 fully saturated rings. The monoisotopic (exact) mass is 415 g/mol. The van der Waals surface area contributed by atoms with Crippen molar-refractivity contribution in [2.45, 2.75) is 19.4 Å². The van der Waals surface area contributed by atoms with Gasteiger partial charge >= 0.3 is 5.97 Å². The summed E-state index contributed by atoms with van der Waals surface area (Å²) in [5.74, 6) is -2.26. The Morgan fingerprint density at radius 2 is 1.93 bits per heavy atom. The van der Waals surface area contributed by atoms with Crippen molar-refractivity contribution in [3.63, 3.8) is 0 Å². The van der Waals surface area contributed by atoms with Crippen molar-refractivity contribution in [2.75, 3.05) is 5.32 Å². The number of aromatic nitrogens is 1. The molecule has 0 atom stereocenters. The summed E-state index contributed by atoms with van der Waals surface area (Å²) >= 11 is 1.08. The number of pyridine rings is 1. The fourth-order valence-electron chi connectivity index (χ4n) is 2.63. The number of nitrogens with two attached hydrogens (primary N) is 1. The topological polar surface area (TPSA) is 126 Å². The van der Waals surface area contributed by atoms with E-state index in [1.165, 1.54) is 36.4 Å². The van der Waals surface area contributed by atoms with Gasteiger partial charge in [-0.1, -0.05) is 18.2 Å². The Hall–Kier alpha value is -3.30. The van der Waals surface area contributed by atoms with Crippen LogP contribution in [0, 0.1) is 5.82 Å². The molecule has 0 aliphatic heterocycles. The predicted molar refractivity (Wildman–Crippen MR) is 108 cm³/mol. The second-order valence-electron chi connectivity index (χ2n) is 6.81. The molecule has 2 heterocycles. The number of amides is 1. The number of halogens is 1. The molecule has 0 bridgehead atoms. The molecule has 7 nitrogen and oxygen atoms in total. The van der Waals surface area contributed by atoms with Gasteiger partial charge in [0.15, 0.2) is 5.69 Å². The number of rotatable bonds is 6. The van der Waals surface area contributed by atoms with Crippen LogP contribution in [0.25, 0.3) is 10.4 Å². The summed E-state index contributed by atoms with van der Waals surface area (Å²) in [5.41, 5.74) is 4.86. The number of carboxylic acid groups (broad SMARTS) is 1. The minimum absolute atomic E-state index is 0.124. The van der Waals surface area contributed by atoms with Gasteiger partial charge in [0, 0.05) is 10.4 Å². The molecule has 0 unspecified atom stereocenters. The maximum Gasteiger partial charge on any atom is 0.354 e. The number of thiophene rings is 1. The van der Waals surface area contributed by atoms with Gasteiger partial charge in [0.25, 0.3) is 5.91 Å². The number of carbonyl (C=O) groups is 2. The van der Waals surface area contributed by atoms with Crippen LogP contribution in [0.1, 0.15) is 40.3 Å². The van der Waals surface area contributed by atoms with Gasteiger partial charge in [0.1, 0.15) is 16.6 Å². The smallest absolute Gasteiger partial charge is 0.354 e. The highest BCUT2D eigenvalue weighted by Gasteiger charge is 2.21. The van der Waals surface area contributed by atoms with Crippen molar-refractivity contribution in [1.82, 2.24) is 4.98 Å². The maximum absolute atomic E-state index is 14.7. The normalized spacial score (nSPS) is 11.3. The molecular weight excluding hydrogens is 397 g/mol. The number of aliphatic hydroxyl groups is 1. The predicted octanol–water partition coefficient (Wildman–Crippen LogP) is 3.72. The lowest BCUT2D eigenvalue weighted by Crippen LogP contribution is -2.15. The summed E-state index contributed by atoms with van der Waals surface area (Å²) in [6.45, 7) is 3.11. The first-order chi connectivity index (χ1) is 13.6. The minimum atomic E-state index is -1.19. The summed E-state index contributed by atoms with van der Waals surface area (Å²) < 4.78 is 14.7. The lowest BCUT2D eigenvalue weighted by molar-refractivity contribution is 0.0689. The van der Waals surface area contributed by atoms with Gasteiger partial charge < -0.3 is 21.3 Å². The van der Waals surface area contributed by atoms with Crippen LogP contribution in [0.5, 0.6) is 0 Å². The first-order valence-corrected chi connectivity index (χ1v) is 9.31. The van der Waals surface area contributed by atoms with Gasteiger partial charge in [0.05, 0.1) is 11.2 Å². The zero-order chi connectivity index (χ0) is 21.3. The van der Waals surface area contributed by atoms with Crippen LogP contribution in [0.4, 0.5) is 15.2 Å². The molecule has 3 aromatic rings. The van der Waals surface area contributed by atoms with E-state index in [0.29, 0.717) is 15.4 Å². The molecule has 9 heteroatoms. The molecule has 0 saturated carbocycles. The Bertz CT molecular complexity index is 1110. The summed E-state index contributed by atoms with van der Waals surface area (Å²) in [6.07, 6.45) is 0. The van der Waals surface area contributed by atoms with Crippen LogP contribution >= 0.6 is 11.3 Å². The lowest BCUT2D eigenvalue weighted by atomic mass is 9.96. The van der Waals surface area contributed by atoms with Crippen molar-refractivity contribution in [1.29, 1.82) is 0 Å². The first kappa shape index (κ1) is 20.4. The number of carboxylic acids is 1. The van der Waals surface area contributed by atoms with E-state index < -0.39 is 23.3 Å². The Balaban J connectivity index is 2.01. The molecule has 0 saturated heterocycles. The number of hydrogen-bond acceptors (Lipinski definition) is 6. The van der Waals surface area contributed by atoms with Crippen molar-refractivity contribution in [2.24, 2.45) is 5.73 Å². The molecule has 5 N–H and O–H groups in total. The molecule has 0 aliphatic rings. The molecule has 2 aromatic heterocycles. The molecule has 0 aliphatic carbocycles. The van der Waals surface area contributed by atoms with Crippen LogP contribution in [-0.2, 0) is 5.60 Å². The number of nitrogens with one attached hydrogen (secondary N) is 1. The number of nitrogens with zero attached hydrogens (tertiary/aromatic N) is 1. The Morgan fingerprint density at radius 1 is 1.21 bits per heavy atom. The zero-order valence-corrected chi connectivity index (χ0v) is 16.4. The largest absolute Gasteiger partial charge is 0.477 e. The second kappa shape index (κ2) is 7.61. The number of benzene rings is 1. The van der Waals surface area contributed by atoms with Crippen molar-refractivity contribution in [3.8, 4) is 10.4 Å². The number of anilines is 2. The van der Waals surface area contributed by atoms with Crippen LogP contribution in [0.2, 0.25) is 0 Å². The maximum atomic E-state index is 14.7. The third-order valence-corrected chi connectivity index (χ3v) is 5.23. The molecule has 1 amide bonds. The van der Waals surface area contributed by atoms with Crippen LogP contribution in [-0.4, -0.2) is 27.1 Å². The number of aromatic carboxylic acids is 1. The molecular formula is C20H18FN3O4S. The second-order valence-corrected chi connectivity index (χ2v) is 7.86. The number of hydrogen-bond donors (Lipinski definition) is 4. The SMILES string of the molecule is CC(C)(O)c1ccc(-c2cc(C(N)=O)c(Nc3cccc(C(=O)O)n3)s2)c(F)c1. The molecule has 0 radical (unpaired) electrons. The van der Waals surface area contributed by atoms with Gasteiger partial charge in [-0.3, -0.25) is 4.79 Å².